The third-order valence-electron chi connectivity index (χ3n) is 11.3. The molecule has 0 spiro atoms. The van der Waals surface area contributed by atoms with Crippen LogP contribution in [0, 0.1) is 0 Å². The van der Waals surface area contributed by atoms with Gasteiger partial charge in [0.15, 0.2) is 0 Å². The molecule has 7 aromatic rings. The van der Waals surface area contributed by atoms with Gasteiger partial charge in [-0.2, -0.15) is 0 Å². The van der Waals surface area contributed by atoms with Gasteiger partial charge in [-0.25, -0.2) is 19.9 Å². The van der Waals surface area contributed by atoms with E-state index in [1.807, 2.05) is 66.7 Å². The summed E-state index contributed by atoms with van der Waals surface area (Å²) in [6, 6.07) is 22.1. The molecule has 2 aliphatic rings. The maximum atomic E-state index is 12.6. The average molecular weight is 765 g/mol. The summed E-state index contributed by atoms with van der Waals surface area (Å²) < 4.78 is 15.5. The van der Waals surface area contributed by atoms with Gasteiger partial charge in [-0.05, 0) is 66.6 Å². The van der Waals surface area contributed by atoms with Crippen LogP contribution in [-0.4, -0.2) is 49.2 Å². The number of amides is 1. The molecule has 0 radical (unpaired) electrons. The average Bonchev–Trinajstić information content (AvgIpc) is 4.06. The Balaban J connectivity index is 0.000000168. The maximum absolute atomic E-state index is 12.6. The second-order valence-electron chi connectivity index (χ2n) is 14.8. The molecule has 13 heteroatoms. The highest BCUT2D eigenvalue weighted by atomic mass is 16.5. The third-order valence-corrected chi connectivity index (χ3v) is 11.3. The molecule has 2 fully saturated rings. The minimum atomic E-state index is -0.0947. The van der Waals surface area contributed by atoms with Crippen molar-refractivity contribution in [2.75, 3.05) is 36.7 Å². The first-order valence-electron chi connectivity index (χ1n) is 19.5. The number of nitrogens with one attached hydrogen (secondary N) is 1. The van der Waals surface area contributed by atoms with Crippen LogP contribution in [-0.2, 0) is 11.2 Å². The molecule has 1 amide bonds. The van der Waals surface area contributed by atoms with Crippen LogP contribution in [0.15, 0.2) is 91.8 Å². The lowest BCUT2D eigenvalue weighted by molar-refractivity contribution is -0.115. The van der Waals surface area contributed by atoms with Crippen molar-refractivity contribution in [2.45, 2.75) is 69.9 Å². The van der Waals surface area contributed by atoms with Crippen LogP contribution in [0.1, 0.15) is 69.0 Å². The second-order valence-corrected chi connectivity index (χ2v) is 14.8. The number of ether oxygens (including phenoxy) is 2. The Morgan fingerprint density at radius 1 is 0.684 bits per heavy atom. The largest absolute Gasteiger partial charge is 0.495 e. The molecule has 0 unspecified atom stereocenters. The fourth-order valence-corrected chi connectivity index (χ4v) is 8.39. The Bertz CT molecular complexity index is 2540. The van der Waals surface area contributed by atoms with Gasteiger partial charge in [-0.15, -0.1) is 0 Å². The summed E-state index contributed by atoms with van der Waals surface area (Å²) in [4.78, 5) is 30.1. The van der Waals surface area contributed by atoms with Gasteiger partial charge in [0, 0.05) is 35.6 Å². The van der Waals surface area contributed by atoms with Gasteiger partial charge >= 0.3 is 0 Å². The van der Waals surface area contributed by atoms with Gasteiger partial charge in [0.25, 0.3) is 0 Å². The number of hydrogen-bond donors (Lipinski definition) is 4. The van der Waals surface area contributed by atoms with E-state index in [1.54, 1.807) is 14.2 Å². The van der Waals surface area contributed by atoms with Crippen LogP contribution in [0.4, 0.5) is 23.0 Å². The van der Waals surface area contributed by atoms with Crippen LogP contribution < -0.4 is 32.0 Å². The van der Waals surface area contributed by atoms with E-state index in [9.17, 15) is 4.79 Å². The minimum Gasteiger partial charge on any atom is -0.495 e. The van der Waals surface area contributed by atoms with Crippen molar-refractivity contribution in [3.8, 4) is 33.8 Å². The molecular weight excluding hydrogens is 717 g/mol. The van der Waals surface area contributed by atoms with Gasteiger partial charge in [0.2, 0.25) is 5.91 Å². The SMILES string of the molecule is COc1cc(-c2cn(C3CCCC3)c3ncnc(N)c23)ccc1N.COc1cc(-c2cn(C3CCCC3)c3ncnc(N)c23)ccc1NC(=O)Cc1ccccc1. The van der Waals surface area contributed by atoms with Crippen molar-refractivity contribution in [2.24, 2.45) is 0 Å². The minimum absolute atomic E-state index is 0.0947. The van der Waals surface area contributed by atoms with Gasteiger partial charge in [0.1, 0.15) is 47.1 Å². The quantitative estimate of drug-likeness (QED) is 0.104. The number of aromatic nitrogens is 6. The molecule has 2 saturated carbocycles. The van der Waals surface area contributed by atoms with Crippen LogP contribution in [0.25, 0.3) is 44.3 Å². The van der Waals surface area contributed by atoms with E-state index in [-0.39, 0.29) is 5.91 Å². The van der Waals surface area contributed by atoms with Gasteiger partial charge < -0.3 is 41.1 Å². The first kappa shape index (κ1) is 37.3. The highest BCUT2D eigenvalue weighted by Gasteiger charge is 2.25. The number of nitrogens with zero attached hydrogens (tertiary/aromatic N) is 6. The third kappa shape index (κ3) is 7.52. The Hall–Kier alpha value is -6.63. The van der Waals surface area contributed by atoms with Gasteiger partial charge in [-0.3, -0.25) is 4.79 Å². The van der Waals surface area contributed by atoms with E-state index < -0.39 is 0 Å². The first-order chi connectivity index (χ1) is 27.8. The maximum Gasteiger partial charge on any atom is 0.228 e. The lowest BCUT2D eigenvalue weighted by Gasteiger charge is -2.13. The summed E-state index contributed by atoms with van der Waals surface area (Å²) in [5.41, 5.74) is 26.3. The van der Waals surface area contributed by atoms with Crippen LogP contribution in [0.5, 0.6) is 11.5 Å². The zero-order valence-corrected chi connectivity index (χ0v) is 32.3. The number of fused-ring (bicyclic) bond motifs is 2. The summed E-state index contributed by atoms with van der Waals surface area (Å²) in [6.07, 6.45) is 17.3. The lowest BCUT2D eigenvalue weighted by atomic mass is 10.0. The van der Waals surface area contributed by atoms with E-state index in [1.165, 1.54) is 51.2 Å². The van der Waals surface area contributed by atoms with E-state index in [4.69, 9.17) is 26.7 Å². The zero-order valence-electron chi connectivity index (χ0n) is 32.3. The van der Waals surface area contributed by atoms with Crippen molar-refractivity contribution >= 4 is 51.0 Å². The predicted molar refractivity (Wildman–Crippen MR) is 226 cm³/mol. The van der Waals surface area contributed by atoms with Gasteiger partial charge in [0.05, 0.1) is 42.8 Å². The summed E-state index contributed by atoms with van der Waals surface area (Å²) >= 11 is 0. The Kier molecular flexibility index (Phi) is 10.6. The fourth-order valence-electron chi connectivity index (χ4n) is 8.39. The number of nitrogen functional groups attached to an aromatic ring is 3. The normalized spacial score (nSPS) is 14.5. The highest BCUT2D eigenvalue weighted by Crippen LogP contribution is 2.42. The topological polar surface area (TPSA) is 187 Å². The molecule has 57 heavy (non-hydrogen) atoms. The molecule has 13 nitrogen and oxygen atoms in total. The fraction of sp³-hybridized carbons (Fsp3) is 0.295. The van der Waals surface area contributed by atoms with Crippen LogP contribution >= 0.6 is 0 Å². The smallest absolute Gasteiger partial charge is 0.228 e. The molecule has 4 heterocycles. The number of anilines is 4. The van der Waals surface area contributed by atoms with E-state index in [0.717, 1.165) is 62.7 Å². The van der Waals surface area contributed by atoms with Crippen LogP contribution in [0.3, 0.4) is 0 Å². The first-order valence-corrected chi connectivity index (χ1v) is 19.5. The Labute approximate surface area is 331 Å². The molecule has 9 rings (SSSR count). The standard InChI is InChI=1S/C26H27N5O2.C18H21N5O/c1-33-22-14-18(11-12-21(22)30-23(32)13-17-7-3-2-4-8-17)20-15-31(19-9-5-6-10-19)26-24(20)25(27)28-16-29-26;1-24-15-8-11(6-7-14(15)19)13-9-23(12-4-2-3-5-12)18-16(13)17(20)21-10-22-18/h2-4,7-8,11-12,14-16,19H,5-6,9-10,13H2,1H3,(H,30,32)(H2,27,28,29);6-10,12H,2-5,19H2,1H3,(H2,20,21,22). The number of nitrogens with two attached hydrogens (primary N) is 3. The molecule has 0 bridgehead atoms. The molecule has 7 N–H and O–H groups in total. The molecule has 0 atom stereocenters. The second kappa shape index (κ2) is 16.2. The molecule has 3 aromatic carbocycles. The predicted octanol–water partition coefficient (Wildman–Crippen LogP) is 8.37. The van der Waals surface area contributed by atoms with Crippen LogP contribution in [0.2, 0.25) is 0 Å². The Morgan fingerprint density at radius 2 is 1.19 bits per heavy atom. The van der Waals surface area contributed by atoms with Crippen molar-refractivity contribution in [3.63, 3.8) is 0 Å². The summed E-state index contributed by atoms with van der Waals surface area (Å²) in [5.74, 6) is 2.12. The molecule has 292 valence electrons. The van der Waals surface area contributed by atoms with Gasteiger partial charge in [-0.1, -0.05) is 68.1 Å². The molecule has 0 aliphatic heterocycles. The molecule has 4 aromatic heterocycles. The molecular formula is C44H48N10O3. The number of methoxy groups -OCH3 is 2. The van der Waals surface area contributed by atoms with Crippen molar-refractivity contribution in [1.82, 2.24) is 29.1 Å². The van der Waals surface area contributed by atoms with Crippen molar-refractivity contribution in [1.29, 1.82) is 0 Å². The summed E-state index contributed by atoms with van der Waals surface area (Å²) in [5, 5.41) is 4.72. The highest BCUT2D eigenvalue weighted by molar-refractivity contribution is 6.02. The monoisotopic (exact) mass is 764 g/mol. The van der Waals surface area contributed by atoms with Crippen molar-refractivity contribution < 1.29 is 14.3 Å². The summed E-state index contributed by atoms with van der Waals surface area (Å²) in [7, 11) is 3.22. The van der Waals surface area contributed by atoms with E-state index in [2.05, 4.69) is 46.8 Å². The van der Waals surface area contributed by atoms with Crippen molar-refractivity contribution in [3.05, 3.63) is 97.3 Å². The number of carbonyl (C=O) groups is 1. The van der Waals surface area contributed by atoms with E-state index >= 15 is 0 Å². The number of rotatable bonds is 9. The number of carbonyl (C=O) groups excluding carboxylic acids is 1. The number of benzene rings is 3. The lowest BCUT2D eigenvalue weighted by Crippen LogP contribution is -2.15. The molecule has 2 aliphatic carbocycles. The Morgan fingerprint density at radius 3 is 1.72 bits per heavy atom. The molecule has 0 saturated heterocycles. The number of hydrogen-bond acceptors (Lipinski definition) is 10. The zero-order chi connectivity index (χ0) is 39.5. The summed E-state index contributed by atoms with van der Waals surface area (Å²) in [6.45, 7) is 0. The van der Waals surface area contributed by atoms with E-state index in [0.29, 0.717) is 53.0 Å².